The number of nitrogens with zero attached hydrogens (tertiary/aromatic N) is 1. The van der Waals surface area contributed by atoms with E-state index in [2.05, 4.69) is 4.98 Å². The summed E-state index contributed by atoms with van der Waals surface area (Å²) < 4.78 is 5.80. The molecule has 1 fully saturated rings. The lowest BCUT2D eigenvalue weighted by atomic mass is 9.99. The minimum Gasteiger partial charge on any atom is -0.507 e. The number of aromatic amines is 1. The molecule has 4 aromatic rings. The van der Waals surface area contributed by atoms with Crippen molar-refractivity contribution in [3.8, 4) is 0 Å². The summed E-state index contributed by atoms with van der Waals surface area (Å²) >= 11 is 6.00. The molecule has 1 atom stereocenters. The number of nitrogens with one attached hydrogen (secondary N) is 1. The lowest BCUT2D eigenvalue weighted by molar-refractivity contribution is -0.132. The Morgan fingerprint density at radius 2 is 1.81 bits per heavy atom. The Labute approximate surface area is 182 Å². The van der Waals surface area contributed by atoms with E-state index in [1.54, 1.807) is 49.5 Å². The zero-order valence-electron chi connectivity index (χ0n) is 16.4. The van der Waals surface area contributed by atoms with E-state index in [1.807, 2.05) is 24.3 Å². The first-order chi connectivity index (χ1) is 15.0. The molecule has 3 heterocycles. The number of ketones is 1. The first kappa shape index (κ1) is 19.2. The number of furan rings is 1. The summed E-state index contributed by atoms with van der Waals surface area (Å²) in [6, 6.07) is 16.5. The van der Waals surface area contributed by atoms with E-state index in [-0.39, 0.29) is 11.3 Å². The van der Waals surface area contributed by atoms with Crippen LogP contribution < -0.4 is 4.90 Å². The van der Waals surface area contributed by atoms with Crippen LogP contribution in [0.3, 0.4) is 0 Å². The lowest BCUT2D eigenvalue weighted by Gasteiger charge is -2.23. The Morgan fingerprint density at radius 3 is 2.52 bits per heavy atom. The van der Waals surface area contributed by atoms with Gasteiger partial charge in [-0.25, -0.2) is 0 Å². The summed E-state index contributed by atoms with van der Waals surface area (Å²) in [5, 5.41) is 12.5. The Bertz CT molecular complexity index is 1360. The monoisotopic (exact) mass is 432 g/mol. The van der Waals surface area contributed by atoms with Crippen LogP contribution in [-0.4, -0.2) is 21.8 Å². The van der Waals surface area contributed by atoms with Gasteiger partial charge in [-0.15, -0.1) is 0 Å². The molecular weight excluding hydrogens is 416 g/mol. The average molecular weight is 433 g/mol. The third kappa shape index (κ3) is 3.04. The van der Waals surface area contributed by atoms with Gasteiger partial charge in [-0.1, -0.05) is 29.8 Å². The minimum absolute atomic E-state index is 0.0287. The number of carbonyl (C=O) groups is 2. The average Bonchev–Trinajstić information content (AvgIpc) is 3.45. The number of carbonyl (C=O) groups excluding carboxylic acids is 2. The molecule has 0 saturated carbocycles. The summed E-state index contributed by atoms with van der Waals surface area (Å²) in [4.78, 5) is 30.6. The van der Waals surface area contributed by atoms with E-state index in [1.165, 1.54) is 4.90 Å². The van der Waals surface area contributed by atoms with E-state index in [4.69, 9.17) is 16.0 Å². The molecule has 0 bridgehead atoms. The van der Waals surface area contributed by atoms with Gasteiger partial charge in [0.2, 0.25) is 0 Å². The number of rotatable bonds is 3. The highest BCUT2D eigenvalue weighted by molar-refractivity contribution is 6.51. The molecule has 31 heavy (non-hydrogen) atoms. The number of Topliss-reactive ketones (excluding diaryl/α,β-unsaturated/α-hetero) is 1. The molecule has 154 valence electrons. The Balaban J connectivity index is 1.75. The van der Waals surface area contributed by atoms with Gasteiger partial charge in [-0.3, -0.25) is 14.5 Å². The number of fused-ring (bicyclic) bond motifs is 1. The topological polar surface area (TPSA) is 86.5 Å². The molecule has 2 N–H and O–H groups in total. The highest BCUT2D eigenvalue weighted by Crippen LogP contribution is 2.43. The van der Waals surface area contributed by atoms with Gasteiger partial charge >= 0.3 is 0 Å². The first-order valence-electron chi connectivity index (χ1n) is 9.65. The Hall–Kier alpha value is -3.77. The summed E-state index contributed by atoms with van der Waals surface area (Å²) in [5.74, 6) is -0.775. The summed E-state index contributed by atoms with van der Waals surface area (Å²) in [7, 11) is 0. The number of benzene rings is 2. The fourth-order valence-electron chi connectivity index (χ4n) is 3.98. The standard InChI is InChI=1S/C24H17ClN2O4/c1-13-6-11-19(31-13)21-20(22(28)17-12-26-18-5-3-2-4-16(17)18)23(29)24(30)27(21)15-9-7-14(25)8-10-15/h2-12,21,26,28H,1H3/b22-20-. The van der Waals surface area contributed by atoms with E-state index in [0.717, 1.165) is 10.9 Å². The predicted molar refractivity (Wildman–Crippen MR) is 118 cm³/mol. The Morgan fingerprint density at radius 1 is 1.06 bits per heavy atom. The summed E-state index contributed by atoms with van der Waals surface area (Å²) in [6.07, 6.45) is 1.63. The number of halogens is 1. The third-order valence-electron chi connectivity index (χ3n) is 5.42. The summed E-state index contributed by atoms with van der Waals surface area (Å²) in [6.45, 7) is 1.78. The molecular formula is C24H17ClN2O4. The maximum Gasteiger partial charge on any atom is 0.300 e. The molecule has 1 aliphatic heterocycles. The zero-order chi connectivity index (χ0) is 21.7. The van der Waals surface area contributed by atoms with Crippen LogP contribution in [0.5, 0.6) is 0 Å². The molecule has 2 aromatic carbocycles. The maximum absolute atomic E-state index is 13.1. The quantitative estimate of drug-likeness (QED) is 0.259. The number of aliphatic hydroxyl groups is 1. The van der Waals surface area contributed by atoms with Crippen LogP contribution in [0.2, 0.25) is 5.02 Å². The molecule has 0 radical (unpaired) electrons. The van der Waals surface area contributed by atoms with Crippen LogP contribution in [0.4, 0.5) is 5.69 Å². The number of para-hydroxylation sites is 1. The molecule has 1 unspecified atom stereocenters. The molecule has 0 aliphatic carbocycles. The number of hydrogen-bond donors (Lipinski definition) is 2. The first-order valence-corrected chi connectivity index (χ1v) is 10.0. The van der Waals surface area contributed by atoms with E-state index < -0.39 is 17.7 Å². The van der Waals surface area contributed by atoms with Gasteiger partial charge < -0.3 is 14.5 Å². The second kappa shape index (κ2) is 7.18. The van der Waals surface area contributed by atoms with Crippen molar-refractivity contribution in [2.24, 2.45) is 0 Å². The molecule has 7 heteroatoms. The van der Waals surface area contributed by atoms with E-state index in [0.29, 0.717) is 27.8 Å². The molecule has 1 saturated heterocycles. The molecule has 1 amide bonds. The van der Waals surface area contributed by atoms with Crippen LogP contribution in [-0.2, 0) is 9.59 Å². The molecule has 5 rings (SSSR count). The largest absolute Gasteiger partial charge is 0.507 e. The van der Waals surface area contributed by atoms with Crippen LogP contribution in [0.25, 0.3) is 16.7 Å². The van der Waals surface area contributed by atoms with E-state index in [9.17, 15) is 14.7 Å². The van der Waals surface area contributed by atoms with E-state index >= 15 is 0 Å². The van der Waals surface area contributed by atoms with Gasteiger partial charge in [0.15, 0.2) is 0 Å². The van der Waals surface area contributed by atoms with Gasteiger partial charge in [0.1, 0.15) is 23.3 Å². The van der Waals surface area contributed by atoms with Gasteiger partial charge in [0, 0.05) is 33.4 Å². The highest BCUT2D eigenvalue weighted by atomic mass is 35.5. The second-order valence-corrected chi connectivity index (χ2v) is 7.78. The van der Waals surface area contributed by atoms with Gasteiger partial charge in [0.25, 0.3) is 11.7 Å². The third-order valence-corrected chi connectivity index (χ3v) is 5.68. The van der Waals surface area contributed by atoms with Crippen molar-refractivity contribution >= 4 is 45.6 Å². The number of hydrogen-bond acceptors (Lipinski definition) is 4. The van der Waals surface area contributed by atoms with Gasteiger partial charge in [-0.2, -0.15) is 0 Å². The van der Waals surface area contributed by atoms with Crippen LogP contribution in [0.15, 0.2) is 76.9 Å². The van der Waals surface area contributed by atoms with Gasteiger partial charge in [-0.05, 0) is 49.4 Å². The minimum atomic E-state index is -0.913. The number of aliphatic hydroxyl groups excluding tert-OH is 1. The van der Waals surface area contributed by atoms with Crippen LogP contribution in [0.1, 0.15) is 23.1 Å². The molecule has 0 spiro atoms. The smallest absolute Gasteiger partial charge is 0.300 e. The van der Waals surface area contributed by atoms with Crippen molar-refractivity contribution < 1.29 is 19.1 Å². The normalized spacial score (nSPS) is 18.3. The van der Waals surface area contributed by atoms with Crippen molar-refractivity contribution in [1.82, 2.24) is 4.98 Å². The number of H-pyrrole nitrogens is 1. The lowest BCUT2D eigenvalue weighted by Crippen LogP contribution is -2.29. The van der Waals surface area contributed by atoms with Crippen molar-refractivity contribution in [3.63, 3.8) is 0 Å². The molecule has 1 aliphatic rings. The fourth-order valence-corrected chi connectivity index (χ4v) is 4.11. The summed E-state index contributed by atoms with van der Waals surface area (Å²) in [5.41, 5.74) is 1.70. The number of aryl methyl sites for hydroxylation is 1. The number of aromatic nitrogens is 1. The van der Waals surface area contributed by atoms with Gasteiger partial charge in [0.05, 0.1) is 5.57 Å². The molecule has 2 aromatic heterocycles. The van der Waals surface area contributed by atoms with Crippen molar-refractivity contribution in [1.29, 1.82) is 0 Å². The predicted octanol–water partition coefficient (Wildman–Crippen LogP) is 5.35. The van der Waals surface area contributed by atoms with Crippen molar-refractivity contribution in [2.45, 2.75) is 13.0 Å². The SMILES string of the molecule is Cc1ccc(C2/C(=C(/O)c3c[nH]c4ccccc34)C(=O)C(=O)N2c2ccc(Cl)cc2)o1. The number of amides is 1. The number of anilines is 1. The second-order valence-electron chi connectivity index (χ2n) is 7.34. The fraction of sp³-hybridized carbons (Fsp3) is 0.0833. The van der Waals surface area contributed by atoms with Crippen LogP contribution in [0, 0.1) is 6.92 Å². The highest BCUT2D eigenvalue weighted by Gasteiger charge is 2.48. The maximum atomic E-state index is 13.1. The van der Waals surface area contributed by atoms with Crippen LogP contribution >= 0.6 is 11.6 Å². The molecule has 6 nitrogen and oxygen atoms in total. The van der Waals surface area contributed by atoms with Crippen molar-refractivity contribution in [2.75, 3.05) is 4.90 Å². The zero-order valence-corrected chi connectivity index (χ0v) is 17.2. The Kier molecular flexibility index (Phi) is 4.45. The van der Waals surface area contributed by atoms with Crippen molar-refractivity contribution in [3.05, 3.63) is 94.5 Å².